The molecule has 0 aliphatic carbocycles. The molecule has 0 radical (unpaired) electrons. The number of aliphatic carboxylic acids is 1. The minimum Gasteiger partial charge on any atom is -0.480 e. The first-order chi connectivity index (χ1) is 13.2. The average Bonchev–Trinajstić information content (AvgIpc) is 2.63. The van der Waals surface area contributed by atoms with Gasteiger partial charge in [0.1, 0.15) is 6.29 Å². The average molecular weight is 384 g/mol. The van der Waals surface area contributed by atoms with E-state index in [1.54, 1.807) is 0 Å². The van der Waals surface area contributed by atoms with E-state index >= 15 is 0 Å². The number of carboxylic acid groups (broad SMARTS) is 1. The number of hydrogen-bond acceptors (Lipinski definition) is 3. The number of rotatable bonds is 22. The highest BCUT2D eigenvalue weighted by molar-refractivity contribution is 5.68. The zero-order chi connectivity index (χ0) is 20.0. The summed E-state index contributed by atoms with van der Waals surface area (Å²) in [6.45, 7) is 1.05. The first-order valence-electron chi connectivity index (χ1n) is 11.5. The maximum absolute atomic E-state index is 10.6. The maximum atomic E-state index is 10.6. The second-order valence-electron chi connectivity index (χ2n) is 8.10. The van der Waals surface area contributed by atoms with Gasteiger partial charge in [-0.25, -0.2) is 0 Å². The molecular weight excluding hydrogens is 338 g/mol. The molecule has 0 aromatic heterocycles. The molecular formula is C23H45NO3. The van der Waals surface area contributed by atoms with Crippen molar-refractivity contribution < 1.29 is 14.7 Å². The van der Waals surface area contributed by atoms with E-state index < -0.39 is 5.97 Å². The minimum absolute atomic E-state index is 0.155. The van der Waals surface area contributed by atoms with E-state index in [-0.39, 0.29) is 6.54 Å². The molecule has 0 aromatic rings. The molecule has 160 valence electrons. The largest absolute Gasteiger partial charge is 0.480 e. The molecule has 0 aromatic carbocycles. The molecule has 0 bridgehead atoms. The van der Waals surface area contributed by atoms with Gasteiger partial charge in [0.2, 0.25) is 0 Å². The smallest absolute Gasteiger partial charge is 0.317 e. The van der Waals surface area contributed by atoms with Crippen molar-refractivity contribution in [2.45, 2.75) is 116 Å². The molecule has 27 heavy (non-hydrogen) atoms. The van der Waals surface area contributed by atoms with Crippen LogP contribution in [0.1, 0.15) is 116 Å². The summed E-state index contributed by atoms with van der Waals surface area (Å²) in [7, 11) is 1.88. The van der Waals surface area contributed by atoms with Crippen LogP contribution < -0.4 is 0 Å². The SMILES string of the molecule is CN(CCCCCCCCCCCCCCCCCCCC=O)CC(=O)O. The van der Waals surface area contributed by atoms with E-state index in [0.29, 0.717) is 0 Å². The molecule has 0 saturated heterocycles. The van der Waals surface area contributed by atoms with E-state index in [0.717, 1.165) is 32.1 Å². The monoisotopic (exact) mass is 383 g/mol. The lowest BCUT2D eigenvalue weighted by atomic mass is 10.0. The molecule has 0 heterocycles. The molecule has 0 rings (SSSR count). The Morgan fingerprint density at radius 2 is 1.00 bits per heavy atom. The minimum atomic E-state index is -0.736. The number of nitrogens with zero attached hydrogens (tertiary/aromatic N) is 1. The second kappa shape index (κ2) is 21.4. The fourth-order valence-electron chi connectivity index (χ4n) is 3.57. The molecule has 0 amide bonds. The van der Waals surface area contributed by atoms with Crippen molar-refractivity contribution in [1.29, 1.82) is 0 Å². The quantitative estimate of drug-likeness (QED) is 0.178. The standard InChI is InChI=1S/C23H45NO3/c1-24(22-23(26)27)20-18-16-14-12-10-8-6-4-2-3-5-7-9-11-13-15-17-19-21-25/h21H,2-20,22H2,1H3,(H,26,27). The third kappa shape index (κ3) is 23.1. The number of carbonyl (C=O) groups excluding carboxylic acids is 1. The number of carboxylic acids is 1. The topological polar surface area (TPSA) is 57.6 Å². The van der Waals surface area contributed by atoms with Gasteiger partial charge >= 0.3 is 5.97 Å². The van der Waals surface area contributed by atoms with Crippen molar-refractivity contribution in [2.75, 3.05) is 20.1 Å². The van der Waals surface area contributed by atoms with Crippen LogP contribution in [0.15, 0.2) is 0 Å². The van der Waals surface area contributed by atoms with Crippen LogP contribution in [-0.2, 0) is 9.59 Å². The van der Waals surface area contributed by atoms with Crippen LogP contribution in [0.4, 0.5) is 0 Å². The van der Waals surface area contributed by atoms with Crippen molar-refractivity contribution in [2.24, 2.45) is 0 Å². The Morgan fingerprint density at radius 1 is 0.667 bits per heavy atom. The molecule has 0 spiro atoms. The maximum Gasteiger partial charge on any atom is 0.317 e. The summed E-state index contributed by atoms with van der Waals surface area (Å²) in [4.78, 5) is 22.7. The van der Waals surface area contributed by atoms with Crippen LogP contribution in [0.2, 0.25) is 0 Å². The van der Waals surface area contributed by atoms with Gasteiger partial charge in [0, 0.05) is 6.42 Å². The van der Waals surface area contributed by atoms with Gasteiger partial charge in [0.05, 0.1) is 6.54 Å². The first-order valence-corrected chi connectivity index (χ1v) is 11.5. The Labute approximate surface area is 168 Å². The van der Waals surface area contributed by atoms with Gasteiger partial charge in [0.15, 0.2) is 0 Å². The molecule has 0 unspecified atom stereocenters. The van der Waals surface area contributed by atoms with Crippen LogP contribution in [0.25, 0.3) is 0 Å². The molecule has 0 aliphatic heterocycles. The summed E-state index contributed by atoms with van der Waals surface area (Å²) >= 11 is 0. The highest BCUT2D eigenvalue weighted by atomic mass is 16.4. The Balaban J connectivity index is 3.07. The molecule has 1 N–H and O–H groups in total. The van der Waals surface area contributed by atoms with Crippen LogP contribution in [0, 0.1) is 0 Å². The zero-order valence-corrected chi connectivity index (χ0v) is 17.9. The van der Waals surface area contributed by atoms with Gasteiger partial charge < -0.3 is 9.90 Å². The Kier molecular flexibility index (Phi) is 20.7. The summed E-state index contributed by atoms with van der Waals surface area (Å²) < 4.78 is 0. The second-order valence-corrected chi connectivity index (χ2v) is 8.10. The molecule has 0 saturated carbocycles. The van der Waals surface area contributed by atoms with Crippen molar-refractivity contribution in [3.05, 3.63) is 0 Å². The molecule has 4 heteroatoms. The molecule has 0 atom stereocenters. The van der Waals surface area contributed by atoms with Gasteiger partial charge in [-0.05, 0) is 26.4 Å². The molecule has 0 fully saturated rings. The highest BCUT2D eigenvalue weighted by Gasteiger charge is 2.03. The van der Waals surface area contributed by atoms with Crippen LogP contribution in [0.5, 0.6) is 0 Å². The van der Waals surface area contributed by atoms with E-state index in [9.17, 15) is 9.59 Å². The van der Waals surface area contributed by atoms with Crippen molar-refractivity contribution >= 4 is 12.3 Å². The predicted molar refractivity (Wildman–Crippen MR) is 114 cm³/mol. The Morgan fingerprint density at radius 3 is 1.33 bits per heavy atom. The van der Waals surface area contributed by atoms with Gasteiger partial charge in [-0.1, -0.05) is 96.3 Å². The summed E-state index contributed by atoms with van der Waals surface area (Å²) in [5, 5.41) is 8.69. The van der Waals surface area contributed by atoms with Gasteiger partial charge in [-0.3, -0.25) is 9.69 Å². The summed E-state index contributed by atoms with van der Waals surface area (Å²) in [6, 6.07) is 0. The lowest BCUT2D eigenvalue weighted by molar-refractivity contribution is -0.138. The highest BCUT2D eigenvalue weighted by Crippen LogP contribution is 2.14. The van der Waals surface area contributed by atoms with Gasteiger partial charge in [-0.2, -0.15) is 0 Å². The van der Waals surface area contributed by atoms with Gasteiger partial charge in [-0.15, -0.1) is 0 Å². The fraction of sp³-hybridized carbons (Fsp3) is 0.913. The lowest BCUT2D eigenvalue weighted by Gasteiger charge is -2.13. The number of unbranched alkanes of at least 4 members (excludes halogenated alkanes) is 17. The molecule has 4 nitrogen and oxygen atoms in total. The lowest BCUT2D eigenvalue weighted by Crippen LogP contribution is -2.26. The first kappa shape index (κ1) is 26.1. The fourth-order valence-corrected chi connectivity index (χ4v) is 3.57. The number of likely N-dealkylation sites (N-methyl/N-ethyl adjacent to an activating group) is 1. The van der Waals surface area contributed by atoms with E-state index in [1.165, 1.54) is 96.3 Å². The zero-order valence-electron chi connectivity index (χ0n) is 17.9. The van der Waals surface area contributed by atoms with E-state index in [2.05, 4.69) is 0 Å². The van der Waals surface area contributed by atoms with Crippen molar-refractivity contribution in [1.82, 2.24) is 4.90 Å². The van der Waals surface area contributed by atoms with E-state index in [4.69, 9.17) is 5.11 Å². The Hall–Kier alpha value is -0.900. The van der Waals surface area contributed by atoms with Crippen LogP contribution in [-0.4, -0.2) is 42.4 Å². The van der Waals surface area contributed by atoms with Crippen molar-refractivity contribution in [3.63, 3.8) is 0 Å². The number of aldehydes is 1. The number of carbonyl (C=O) groups is 2. The summed E-state index contributed by atoms with van der Waals surface area (Å²) in [5.41, 5.74) is 0. The molecule has 0 aliphatic rings. The van der Waals surface area contributed by atoms with Gasteiger partial charge in [0.25, 0.3) is 0 Å². The Bertz CT molecular complexity index is 334. The summed E-state index contributed by atoms with van der Waals surface area (Å²) in [5.74, 6) is -0.736. The third-order valence-corrected chi connectivity index (χ3v) is 5.27. The summed E-state index contributed by atoms with van der Waals surface area (Å²) in [6.07, 6.45) is 24.1. The number of hydrogen-bond donors (Lipinski definition) is 1. The normalized spacial score (nSPS) is 11.2. The third-order valence-electron chi connectivity index (χ3n) is 5.27. The van der Waals surface area contributed by atoms with Crippen LogP contribution >= 0.6 is 0 Å². The predicted octanol–water partition coefficient (Wildman–Crippen LogP) is 6.22. The van der Waals surface area contributed by atoms with E-state index in [1.807, 2.05) is 11.9 Å². The van der Waals surface area contributed by atoms with Crippen molar-refractivity contribution in [3.8, 4) is 0 Å². The van der Waals surface area contributed by atoms with Crippen LogP contribution in [0.3, 0.4) is 0 Å².